The Morgan fingerprint density at radius 1 is 0.486 bits per heavy atom. The zero-order valence-electron chi connectivity index (χ0n) is 20.7. The molecular weight excluding hydrogens is 450 g/mol. The van der Waals surface area contributed by atoms with Gasteiger partial charge in [0.1, 0.15) is 5.75 Å². The summed E-state index contributed by atoms with van der Waals surface area (Å²) in [6, 6.07) is 46.9. The first kappa shape index (κ1) is 22.6. The average molecular weight is 478 g/mol. The molecule has 0 saturated heterocycles. The molecule has 0 aliphatic rings. The summed E-state index contributed by atoms with van der Waals surface area (Å²) < 4.78 is 5.36. The van der Waals surface area contributed by atoms with Crippen LogP contribution in [0.1, 0.15) is 11.1 Å². The number of ether oxygens (including phenoxy) is 1. The summed E-state index contributed by atoms with van der Waals surface area (Å²) in [4.78, 5) is 2.25. The molecule has 0 aromatic heterocycles. The third-order valence-corrected chi connectivity index (χ3v) is 6.74. The van der Waals surface area contributed by atoms with Crippen LogP contribution in [0.5, 0.6) is 5.75 Å². The summed E-state index contributed by atoms with van der Waals surface area (Å²) in [6.07, 6.45) is 4.37. The smallest absolute Gasteiger partial charge is 0.119 e. The van der Waals surface area contributed by atoms with E-state index in [1.807, 2.05) is 18.2 Å². The molecule has 37 heavy (non-hydrogen) atoms. The fraction of sp³-hybridized carbons (Fsp3) is 0.0286. The summed E-state index contributed by atoms with van der Waals surface area (Å²) in [7, 11) is 1.69. The molecule has 0 saturated carbocycles. The van der Waals surface area contributed by atoms with Crippen molar-refractivity contribution >= 4 is 50.8 Å². The van der Waals surface area contributed by atoms with Crippen LogP contribution in [0.4, 0.5) is 17.1 Å². The van der Waals surface area contributed by atoms with E-state index in [-0.39, 0.29) is 0 Å². The fourth-order valence-corrected chi connectivity index (χ4v) is 4.81. The minimum Gasteiger partial charge on any atom is -0.497 e. The highest BCUT2D eigenvalue weighted by Gasteiger charge is 2.12. The minimum atomic E-state index is 0.846. The number of hydrogen-bond acceptors (Lipinski definition) is 2. The van der Waals surface area contributed by atoms with Gasteiger partial charge < -0.3 is 9.64 Å². The van der Waals surface area contributed by atoms with E-state index < -0.39 is 0 Å². The van der Waals surface area contributed by atoms with Crippen molar-refractivity contribution in [2.24, 2.45) is 0 Å². The van der Waals surface area contributed by atoms with Crippen LogP contribution in [0.25, 0.3) is 33.7 Å². The normalized spacial score (nSPS) is 11.3. The van der Waals surface area contributed by atoms with Crippen molar-refractivity contribution < 1.29 is 4.74 Å². The van der Waals surface area contributed by atoms with Gasteiger partial charge in [-0.1, -0.05) is 91.0 Å². The van der Waals surface area contributed by atoms with Gasteiger partial charge in [0.2, 0.25) is 0 Å². The molecule has 178 valence electrons. The second-order valence-corrected chi connectivity index (χ2v) is 9.06. The van der Waals surface area contributed by atoms with E-state index in [0.717, 1.165) is 28.4 Å². The van der Waals surface area contributed by atoms with Gasteiger partial charge in [-0.2, -0.15) is 0 Å². The molecule has 2 heteroatoms. The lowest BCUT2D eigenvalue weighted by Crippen LogP contribution is -2.09. The van der Waals surface area contributed by atoms with Gasteiger partial charge in [0.05, 0.1) is 7.11 Å². The van der Waals surface area contributed by atoms with Crippen LogP contribution in [0.3, 0.4) is 0 Å². The Morgan fingerprint density at radius 3 is 1.76 bits per heavy atom. The molecule has 0 radical (unpaired) electrons. The SMILES string of the molecule is COc1ccc(N(c2ccccc2)c2ccc(/C=C/c3ccc4ccc5ccccc5c4c3)cc2)cc1. The number of fused-ring (bicyclic) bond motifs is 3. The predicted molar refractivity (Wildman–Crippen MR) is 158 cm³/mol. The lowest BCUT2D eigenvalue weighted by atomic mass is 9.99. The number of anilines is 3. The van der Waals surface area contributed by atoms with E-state index in [0.29, 0.717) is 0 Å². The Morgan fingerprint density at radius 2 is 1.03 bits per heavy atom. The van der Waals surface area contributed by atoms with Crippen molar-refractivity contribution in [1.82, 2.24) is 0 Å². The van der Waals surface area contributed by atoms with Crippen molar-refractivity contribution in [3.63, 3.8) is 0 Å². The second kappa shape index (κ2) is 10.0. The lowest BCUT2D eigenvalue weighted by molar-refractivity contribution is 0.415. The highest BCUT2D eigenvalue weighted by molar-refractivity contribution is 6.08. The summed E-state index contributed by atoms with van der Waals surface area (Å²) in [5.74, 6) is 0.846. The Kier molecular flexibility index (Phi) is 6.14. The number of para-hydroxylation sites is 1. The predicted octanol–water partition coefficient (Wildman–Crippen LogP) is 9.64. The van der Waals surface area contributed by atoms with Gasteiger partial charge in [0, 0.05) is 17.1 Å². The molecular formula is C35H27NO. The number of methoxy groups -OCH3 is 1. The number of hydrogen-bond donors (Lipinski definition) is 0. The summed E-state index contributed by atoms with van der Waals surface area (Å²) in [5.41, 5.74) is 5.64. The molecule has 0 N–H and O–H groups in total. The molecule has 0 fully saturated rings. The van der Waals surface area contributed by atoms with Crippen molar-refractivity contribution in [3.05, 3.63) is 145 Å². The molecule has 0 aliphatic carbocycles. The van der Waals surface area contributed by atoms with Crippen LogP contribution in [0, 0.1) is 0 Å². The lowest BCUT2D eigenvalue weighted by Gasteiger charge is -2.25. The molecule has 2 nitrogen and oxygen atoms in total. The van der Waals surface area contributed by atoms with Crippen molar-refractivity contribution in [2.45, 2.75) is 0 Å². The van der Waals surface area contributed by atoms with E-state index in [1.54, 1.807) is 7.11 Å². The number of rotatable bonds is 6. The number of benzene rings is 6. The molecule has 0 aliphatic heterocycles. The molecule has 6 aromatic rings. The second-order valence-electron chi connectivity index (χ2n) is 9.06. The average Bonchev–Trinajstić information content (AvgIpc) is 2.97. The van der Waals surface area contributed by atoms with Crippen LogP contribution in [0.15, 0.2) is 133 Å². The molecule has 0 bridgehead atoms. The maximum Gasteiger partial charge on any atom is 0.119 e. The van der Waals surface area contributed by atoms with Gasteiger partial charge in [-0.25, -0.2) is 0 Å². The van der Waals surface area contributed by atoms with E-state index >= 15 is 0 Å². The molecule has 0 unspecified atom stereocenters. The largest absolute Gasteiger partial charge is 0.497 e. The summed E-state index contributed by atoms with van der Waals surface area (Å²) in [5, 5.41) is 5.11. The van der Waals surface area contributed by atoms with Crippen LogP contribution in [-0.2, 0) is 0 Å². The molecule has 0 spiro atoms. The highest BCUT2D eigenvalue weighted by Crippen LogP contribution is 2.35. The third kappa shape index (κ3) is 4.70. The molecule has 0 amide bonds. The quantitative estimate of drug-likeness (QED) is 0.175. The molecule has 0 atom stereocenters. The monoisotopic (exact) mass is 477 g/mol. The summed E-state index contributed by atoms with van der Waals surface area (Å²) >= 11 is 0. The first-order valence-corrected chi connectivity index (χ1v) is 12.5. The van der Waals surface area contributed by atoms with Gasteiger partial charge in [0.25, 0.3) is 0 Å². The van der Waals surface area contributed by atoms with Crippen LogP contribution < -0.4 is 9.64 Å². The van der Waals surface area contributed by atoms with E-state index in [2.05, 4.69) is 132 Å². The first-order valence-electron chi connectivity index (χ1n) is 12.5. The van der Waals surface area contributed by atoms with Crippen LogP contribution in [0.2, 0.25) is 0 Å². The van der Waals surface area contributed by atoms with Crippen LogP contribution in [-0.4, -0.2) is 7.11 Å². The van der Waals surface area contributed by atoms with Gasteiger partial charge in [-0.3, -0.25) is 0 Å². The topological polar surface area (TPSA) is 12.5 Å². The van der Waals surface area contributed by atoms with E-state index in [9.17, 15) is 0 Å². The van der Waals surface area contributed by atoms with Gasteiger partial charge >= 0.3 is 0 Å². The Hall–Kier alpha value is -4.82. The van der Waals surface area contributed by atoms with E-state index in [4.69, 9.17) is 4.74 Å². The van der Waals surface area contributed by atoms with Crippen molar-refractivity contribution in [1.29, 1.82) is 0 Å². The highest BCUT2D eigenvalue weighted by atomic mass is 16.5. The zero-order valence-corrected chi connectivity index (χ0v) is 20.7. The van der Waals surface area contributed by atoms with Gasteiger partial charge in [-0.05, 0) is 87.3 Å². The first-order chi connectivity index (χ1) is 18.3. The minimum absolute atomic E-state index is 0.846. The molecule has 6 aromatic carbocycles. The van der Waals surface area contributed by atoms with Gasteiger partial charge in [0.15, 0.2) is 0 Å². The van der Waals surface area contributed by atoms with Gasteiger partial charge in [-0.15, -0.1) is 0 Å². The standard InChI is InChI=1S/C35H27NO/c1-37-33-23-21-32(22-24-33)36(30-8-3-2-4-9-30)31-19-14-26(15-20-31)11-12-27-13-16-29-18-17-28-7-5-6-10-34(28)35(29)25-27/h2-25H,1H3/b12-11+. The zero-order chi connectivity index (χ0) is 25.0. The maximum absolute atomic E-state index is 5.36. The molecule has 0 heterocycles. The Bertz CT molecular complexity index is 1680. The van der Waals surface area contributed by atoms with Crippen molar-refractivity contribution in [3.8, 4) is 5.75 Å². The fourth-order valence-electron chi connectivity index (χ4n) is 4.81. The Labute approximate surface area is 217 Å². The number of nitrogens with zero attached hydrogens (tertiary/aromatic N) is 1. The maximum atomic E-state index is 5.36. The summed E-state index contributed by atoms with van der Waals surface area (Å²) in [6.45, 7) is 0. The molecule has 6 rings (SSSR count). The van der Waals surface area contributed by atoms with E-state index in [1.165, 1.54) is 27.1 Å². The van der Waals surface area contributed by atoms with Crippen molar-refractivity contribution in [2.75, 3.05) is 12.0 Å². The third-order valence-electron chi connectivity index (χ3n) is 6.74. The Balaban J connectivity index is 1.30. The van der Waals surface area contributed by atoms with Crippen LogP contribution >= 0.6 is 0 Å².